The summed E-state index contributed by atoms with van der Waals surface area (Å²) in [4.78, 5) is 6.43. The highest BCUT2D eigenvalue weighted by Crippen LogP contribution is 2.28. The number of nitrogens with two attached hydrogens (primary N) is 1. The Bertz CT molecular complexity index is 434. The van der Waals surface area contributed by atoms with E-state index >= 15 is 0 Å². The summed E-state index contributed by atoms with van der Waals surface area (Å²) < 4.78 is 48.1. The topological polar surface area (TPSA) is 70.3 Å². The Hall–Kier alpha value is -1.57. The summed E-state index contributed by atoms with van der Waals surface area (Å²) in [5.41, 5.74) is 5.30. The Labute approximate surface area is 107 Å². The first-order valence-corrected chi connectivity index (χ1v) is 5.91. The number of nitrogen functional groups attached to an aromatic ring is 1. The van der Waals surface area contributed by atoms with Crippen LogP contribution in [0.2, 0.25) is 0 Å². The van der Waals surface area contributed by atoms with E-state index in [0.717, 1.165) is 25.3 Å². The molecule has 106 valence electrons. The quantitative estimate of drug-likeness (QED) is 0.915. The lowest BCUT2D eigenvalue weighted by atomic mass is 10.1. The first-order chi connectivity index (χ1) is 8.95. The van der Waals surface area contributed by atoms with Gasteiger partial charge in [0.2, 0.25) is 11.7 Å². The van der Waals surface area contributed by atoms with Gasteiger partial charge < -0.3 is 15.2 Å². The van der Waals surface area contributed by atoms with Crippen LogP contribution in [-0.2, 0) is 10.9 Å². The van der Waals surface area contributed by atoms with Gasteiger partial charge in [-0.3, -0.25) is 0 Å². The van der Waals surface area contributed by atoms with Crippen LogP contribution >= 0.6 is 0 Å². The van der Waals surface area contributed by atoms with Crippen LogP contribution in [0.1, 0.15) is 25.1 Å². The fourth-order valence-corrected chi connectivity index (χ4v) is 1.76. The highest BCUT2D eigenvalue weighted by Gasteiger charge is 2.35. The highest BCUT2D eigenvalue weighted by molar-refractivity contribution is 5.33. The zero-order valence-electron chi connectivity index (χ0n) is 10.1. The van der Waals surface area contributed by atoms with Crippen molar-refractivity contribution < 1.29 is 22.6 Å². The van der Waals surface area contributed by atoms with Crippen LogP contribution in [0.3, 0.4) is 0 Å². The Balaban J connectivity index is 2.01. The van der Waals surface area contributed by atoms with E-state index in [1.807, 2.05) is 0 Å². The summed E-state index contributed by atoms with van der Waals surface area (Å²) in [5, 5.41) is 0. The van der Waals surface area contributed by atoms with E-state index in [1.54, 1.807) is 0 Å². The van der Waals surface area contributed by atoms with Gasteiger partial charge in [-0.2, -0.15) is 18.2 Å². The van der Waals surface area contributed by atoms with Crippen molar-refractivity contribution in [3.8, 4) is 5.88 Å². The number of alkyl halides is 3. The van der Waals surface area contributed by atoms with Gasteiger partial charge in [0.25, 0.3) is 0 Å². The molecular weight excluding hydrogens is 263 g/mol. The van der Waals surface area contributed by atoms with E-state index in [2.05, 4.69) is 9.97 Å². The van der Waals surface area contributed by atoms with Gasteiger partial charge in [0.05, 0.1) is 6.10 Å². The van der Waals surface area contributed by atoms with Crippen LogP contribution in [0.15, 0.2) is 6.07 Å². The third-order valence-electron chi connectivity index (χ3n) is 2.67. The van der Waals surface area contributed by atoms with E-state index in [9.17, 15) is 13.2 Å². The summed E-state index contributed by atoms with van der Waals surface area (Å²) in [6.07, 6.45) is -1.91. The number of ether oxygens (including phenoxy) is 2. The fourth-order valence-electron chi connectivity index (χ4n) is 1.76. The van der Waals surface area contributed by atoms with Crippen molar-refractivity contribution in [3.63, 3.8) is 0 Å². The van der Waals surface area contributed by atoms with Crippen LogP contribution in [0.5, 0.6) is 5.88 Å². The van der Waals surface area contributed by atoms with E-state index in [4.69, 9.17) is 15.2 Å². The average molecular weight is 277 g/mol. The molecule has 19 heavy (non-hydrogen) atoms. The molecule has 1 aromatic rings. The summed E-state index contributed by atoms with van der Waals surface area (Å²) in [5.74, 6) is -1.76. The number of hydrogen-bond donors (Lipinski definition) is 1. The maximum Gasteiger partial charge on any atom is 0.451 e. The first kappa shape index (κ1) is 13.9. The van der Waals surface area contributed by atoms with Crippen LogP contribution in [0.4, 0.5) is 19.0 Å². The highest BCUT2D eigenvalue weighted by atomic mass is 19.4. The molecule has 1 aliphatic rings. The normalized spacial score (nSPS) is 20.3. The molecule has 8 heteroatoms. The van der Waals surface area contributed by atoms with E-state index in [0.29, 0.717) is 6.61 Å². The Kier molecular flexibility index (Phi) is 4.08. The van der Waals surface area contributed by atoms with Crippen LogP contribution in [0.25, 0.3) is 0 Å². The third kappa shape index (κ3) is 3.95. The third-order valence-corrected chi connectivity index (χ3v) is 2.67. The van der Waals surface area contributed by atoms with E-state index in [-0.39, 0.29) is 24.4 Å². The molecule has 1 unspecified atom stereocenters. The smallest absolute Gasteiger partial charge is 0.451 e. The van der Waals surface area contributed by atoms with Crippen LogP contribution < -0.4 is 10.5 Å². The second-order valence-corrected chi connectivity index (χ2v) is 4.25. The maximum atomic E-state index is 12.5. The predicted molar refractivity (Wildman–Crippen MR) is 60.5 cm³/mol. The van der Waals surface area contributed by atoms with Gasteiger partial charge in [-0.15, -0.1) is 0 Å². The molecule has 2 heterocycles. The number of anilines is 1. The molecule has 0 aliphatic carbocycles. The number of rotatable bonds is 3. The lowest BCUT2D eigenvalue weighted by Crippen LogP contribution is -2.26. The lowest BCUT2D eigenvalue weighted by Gasteiger charge is -2.22. The summed E-state index contributed by atoms with van der Waals surface area (Å²) in [7, 11) is 0. The van der Waals surface area contributed by atoms with Gasteiger partial charge in [0.15, 0.2) is 0 Å². The SMILES string of the molecule is Nc1cc(OCC2CCCCO2)nc(C(F)(F)F)n1. The standard InChI is InChI=1S/C11H14F3N3O2/c12-11(13,14)10-16-8(15)5-9(17-10)19-6-7-3-1-2-4-18-7/h5,7H,1-4,6H2,(H2,15,16,17). The molecule has 2 N–H and O–H groups in total. The van der Waals surface area contributed by atoms with Gasteiger partial charge in [0, 0.05) is 12.7 Å². The number of hydrogen-bond acceptors (Lipinski definition) is 5. The van der Waals surface area contributed by atoms with Gasteiger partial charge in [-0.1, -0.05) is 0 Å². The number of halogens is 3. The molecule has 1 fully saturated rings. The van der Waals surface area contributed by atoms with Gasteiger partial charge in [0.1, 0.15) is 12.4 Å². The van der Waals surface area contributed by atoms with Crippen molar-refractivity contribution in [1.29, 1.82) is 0 Å². The number of aromatic nitrogens is 2. The fraction of sp³-hybridized carbons (Fsp3) is 0.636. The van der Waals surface area contributed by atoms with Crippen molar-refractivity contribution in [2.24, 2.45) is 0 Å². The first-order valence-electron chi connectivity index (χ1n) is 5.91. The van der Waals surface area contributed by atoms with Crippen molar-refractivity contribution in [3.05, 3.63) is 11.9 Å². The van der Waals surface area contributed by atoms with E-state index in [1.165, 1.54) is 0 Å². The molecular formula is C11H14F3N3O2. The molecule has 0 aromatic carbocycles. The Morgan fingerprint density at radius 3 is 2.79 bits per heavy atom. The minimum atomic E-state index is -4.64. The van der Waals surface area contributed by atoms with E-state index < -0.39 is 12.0 Å². The second kappa shape index (κ2) is 5.60. The molecule has 0 radical (unpaired) electrons. The summed E-state index contributed by atoms with van der Waals surface area (Å²) >= 11 is 0. The molecule has 5 nitrogen and oxygen atoms in total. The van der Waals surface area contributed by atoms with Crippen LogP contribution in [0, 0.1) is 0 Å². The zero-order chi connectivity index (χ0) is 13.9. The van der Waals surface area contributed by atoms with Crippen LogP contribution in [-0.4, -0.2) is 29.3 Å². The molecule has 0 amide bonds. The number of nitrogens with zero attached hydrogens (tertiary/aromatic N) is 2. The molecule has 0 spiro atoms. The average Bonchev–Trinajstić information content (AvgIpc) is 2.36. The lowest BCUT2D eigenvalue weighted by molar-refractivity contribution is -0.145. The molecule has 0 bridgehead atoms. The molecule has 1 atom stereocenters. The predicted octanol–water partition coefficient (Wildman–Crippen LogP) is 2.03. The molecule has 1 saturated heterocycles. The minimum Gasteiger partial charge on any atom is -0.475 e. The summed E-state index contributed by atoms with van der Waals surface area (Å²) in [6, 6.07) is 1.16. The van der Waals surface area contributed by atoms with Crippen molar-refractivity contribution in [1.82, 2.24) is 9.97 Å². The molecule has 0 saturated carbocycles. The maximum absolute atomic E-state index is 12.5. The van der Waals surface area contributed by atoms with Gasteiger partial charge in [-0.05, 0) is 19.3 Å². The van der Waals surface area contributed by atoms with Crippen molar-refractivity contribution in [2.45, 2.75) is 31.5 Å². The largest absolute Gasteiger partial charge is 0.475 e. The van der Waals surface area contributed by atoms with Crippen molar-refractivity contribution in [2.75, 3.05) is 18.9 Å². The monoisotopic (exact) mass is 277 g/mol. The molecule has 1 aliphatic heterocycles. The van der Waals surface area contributed by atoms with Crippen molar-refractivity contribution >= 4 is 5.82 Å². The summed E-state index contributed by atoms with van der Waals surface area (Å²) in [6.45, 7) is 0.807. The molecule has 1 aromatic heterocycles. The van der Waals surface area contributed by atoms with Gasteiger partial charge in [-0.25, -0.2) is 4.98 Å². The molecule has 2 rings (SSSR count). The Morgan fingerprint density at radius 1 is 1.37 bits per heavy atom. The second-order valence-electron chi connectivity index (χ2n) is 4.25. The zero-order valence-corrected chi connectivity index (χ0v) is 10.1. The minimum absolute atomic E-state index is 0.112. The van der Waals surface area contributed by atoms with Gasteiger partial charge >= 0.3 is 6.18 Å². The Morgan fingerprint density at radius 2 is 2.16 bits per heavy atom.